The summed E-state index contributed by atoms with van der Waals surface area (Å²) in [6, 6.07) is 0. The molecule has 1 aliphatic heterocycles. The summed E-state index contributed by atoms with van der Waals surface area (Å²) in [5.74, 6) is 0.932. The second-order valence-electron chi connectivity index (χ2n) is 4.51. The van der Waals surface area contributed by atoms with Gasteiger partial charge in [-0.15, -0.1) is 0 Å². The molecule has 0 aliphatic carbocycles. The van der Waals surface area contributed by atoms with E-state index in [2.05, 4.69) is 4.98 Å². The Morgan fingerprint density at radius 1 is 1.44 bits per heavy atom. The lowest BCUT2D eigenvalue weighted by molar-refractivity contribution is 0.388. The number of nitrogens with one attached hydrogen (secondary N) is 1. The van der Waals surface area contributed by atoms with Crippen molar-refractivity contribution in [2.75, 3.05) is 5.75 Å². The fraction of sp³-hybridized carbons (Fsp3) is 0.667. The number of hydrogen-bond donors (Lipinski definition) is 2. The van der Waals surface area contributed by atoms with Crippen LogP contribution in [0.15, 0.2) is 9.59 Å². The number of nitrogens with zero attached hydrogens (tertiary/aromatic N) is 1. The van der Waals surface area contributed by atoms with Gasteiger partial charge >= 0.3 is 5.69 Å². The number of aromatic nitrogens is 2. The zero-order valence-electron chi connectivity index (χ0n) is 10.4. The molecule has 2 N–H and O–H groups in total. The van der Waals surface area contributed by atoms with Gasteiger partial charge in [-0.05, 0) is 25.0 Å². The van der Waals surface area contributed by atoms with E-state index in [1.807, 2.05) is 11.8 Å². The Morgan fingerprint density at radius 2 is 2.22 bits per heavy atom. The van der Waals surface area contributed by atoms with E-state index in [1.54, 1.807) is 6.92 Å². The van der Waals surface area contributed by atoms with Crippen molar-refractivity contribution < 1.29 is 5.11 Å². The normalized spacial score (nSPS) is 19.9. The maximum atomic E-state index is 11.7. The van der Waals surface area contributed by atoms with Gasteiger partial charge in [0, 0.05) is 11.8 Å². The van der Waals surface area contributed by atoms with Gasteiger partial charge in [-0.1, -0.05) is 13.3 Å². The minimum Gasteiger partial charge on any atom is -0.494 e. The Morgan fingerprint density at radius 3 is 2.83 bits per heavy atom. The lowest BCUT2D eigenvalue weighted by Crippen LogP contribution is -2.34. The fourth-order valence-electron chi connectivity index (χ4n) is 2.24. The van der Waals surface area contributed by atoms with Crippen molar-refractivity contribution in [2.45, 2.75) is 44.4 Å². The van der Waals surface area contributed by atoms with Gasteiger partial charge in [0.05, 0.1) is 5.56 Å². The molecule has 0 radical (unpaired) electrons. The van der Waals surface area contributed by atoms with E-state index in [0.717, 1.165) is 18.6 Å². The van der Waals surface area contributed by atoms with Crippen LogP contribution in [-0.2, 0) is 13.0 Å². The highest BCUT2D eigenvalue weighted by molar-refractivity contribution is 7.99. The highest BCUT2D eigenvalue weighted by atomic mass is 32.2. The molecule has 2 rings (SSSR count). The van der Waals surface area contributed by atoms with Crippen molar-refractivity contribution >= 4 is 11.8 Å². The van der Waals surface area contributed by atoms with E-state index in [9.17, 15) is 14.7 Å². The minimum absolute atomic E-state index is 0.169. The first kappa shape index (κ1) is 13.3. The van der Waals surface area contributed by atoms with Gasteiger partial charge in [0.25, 0.3) is 5.56 Å². The van der Waals surface area contributed by atoms with Crippen molar-refractivity contribution in [1.29, 1.82) is 0 Å². The van der Waals surface area contributed by atoms with Gasteiger partial charge in [-0.2, -0.15) is 11.8 Å². The van der Waals surface area contributed by atoms with E-state index in [1.165, 1.54) is 11.0 Å². The molecule has 5 nitrogen and oxygen atoms in total. The average molecular weight is 270 g/mol. The molecular weight excluding hydrogens is 252 g/mol. The number of hydrogen-bond acceptors (Lipinski definition) is 4. The Bertz CT molecular complexity index is 529. The molecule has 6 heteroatoms. The van der Waals surface area contributed by atoms with Crippen LogP contribution in [-0.4, -0.2) is 25.7 Å². The second-order valence-corrected chi connectivity index (χ2v) is 5.92. The summed E-state index contributed by atoms with van der Waals surface area (Å²) in [6.07, 6.45) is 3.85. The summed E-state index contributed by atoms with van der Waals surface area (Å²) >= 11 is 1.83. The van der Waals surface area contributed by atoms with Crippen molar-refractivity contribution in [3.63, 3.8) is 0 Å². The molecule has 0 amide bonds. The molecule has 0 saturated carbocycles. The van der Waals surface area contributed by atoms with E-state index in [0.29, 0.717) is 18.2 Å². The van der Waals surface area contributed by atoms with E-state index in [4.69, 9.17) is 0 Å². The molecule has 1 fully saturated rings. The molecule has 0 bridgehead atoms. The maximum absolute atomic E-state index is 11.7. The molecule has 100 valence electrons. The summed E-state index contributed by atoms with van der Waals surface area (Å²) in [6.45, 7) is 2.26. The van der Waals surface area contributed by atoms with E-state index < -0.39 is 11.2 Å². The highest BCUT2D eigenvalue weighted by Crippen LogP contribution is 2.27. The number of aromatic amines is 1. The Hall–Kier alpha value is -1.17. The molecule has 1 aromatic heterocycles. The Balaban J connectivity index is 2.32. The predicted molar refractivity (Wildman–Crippen MR) is 72.5 cm³/mol. The van der Waals surface area contributed by atoms with Crippen molar-refractivity contribution in [3.05, 3.63) is 26.4 Å². The third-order valence-corrected chi connectivity index (χ3v) is 4.66. The standard InChI is InChI=1S/C12H18N2O3S/c1-2-9-10(15)13-12(17)14(11(9)16)7-8-5-3-4-6-18-8/h8,16H,2-7H2,1H3,(H,13,15,17). The Labute approximate surface area is 109 Å². The highest BCUT2D eigenvalue weighted by Gasteiger charge is 2.19. The summed E-state index contributed by atoms with van der Waals surface area (Å²) in [5.41, 5.74) is -0.705. The summed E-state index contributed by atoms with van der Waals surface area (Å²) in [7, 11) is 0. The van der Waals surface area contributed by atoms with Crippen molar-refractivity contribution in [3.8, 4) is 5.88 Å². The number of rotatable bonds is 3. The largest absolute Gasteiger partial charge is 0.494 e. The monoisotopic (exact) mass is 270 g/mol. The Kier molecular flexibility index (Phi) is 4.16. The third kappa shape index (κ3) is 2.63. The van der Waals surface area contributed by atoms with Crippen LogP contribution in [0.4, 0.5) is 0 Å². The molecule has 1 atom stereocenters. The molecule has 0 aromatic carbocycles. The van der Waals surface area contributed by atoms with Gasteiger partial charge in [0.2, 0.25) is 5.88 Å². The van der Waals surface area contributed by atoms with Crippen LogP contribution in [0.3, 0.4) is 0 Å². The first-order valence-corrected chi connectivity index (χ1v) is 7.35. The predicted octanol–water partition coefficient (Wildman–Crippen LogP) is 1.09. The fourth-order valence-corrected chi connectivity index (χ4v) is 3.54. The van der Waals surface area contributed by atoms with Gasteiger partial charge < -0.3 is 5.11 Å². The summed E-state index contributed by atoms with van der Waals surface area (Å²) < 4.78 is 1.29. The molecule has 1 aromatic rings. The van der Waals surface area contributed by atoms with Gasteiger partial charge in [-0.3, -0.25) is 14.3 Å². The maximum Gasteiger partial charge on any atom is 0.331 e. The third-order valence-electron chi connectivity index (χ3n) is 3.28. The SMILES string of the molecule is CCc1c(O)n(CC2CCCCS2)c(=O)[nH]c1=O. The van der Waals surface area contributed by atoms with Gasteiger partial charge in [-0.25, -0.2) is 4.79 Å². The second kappa shape index (κ2) is 5.65. The lowest BCUT2D eigenvalue weighted by Gasteiger charge is -2.22. The zero-order valence-corrected chi connectivity index (χ0v) is 11.3. The van der Waals surface area contributed by atoms with Crippen molar-refractivity contribution in [2.24, 2.45) is 0 Å². The molecule has 18 heavy (non-hydrogen) atoms. The quantitative estimate of drug-likeness (QED) is 0.862. The van der Waals surface area contributed by atoms with Gasteiger partial charge in [0.1, 0.15) is 0 Å². The number of H-pyrrole nitrogens is 1. The first-order valence-electron chi connectivity index (χ1n) is 6.30. The molecular formula is C12H18N2O3S. The average Bonchev–Trinajstić information content (AvgIpc) is 2.36. The van der Waals surface area contributed by atoms with Crippen LogP contribution in [0.25, 0.3) is 0 Å². The zero-order chi connectivity index (χ0) is 13.1. The van der Waals surface area contributed by atoms with Crippen LogP contribution in [0.5, 0.6) is 5.88 Å². The molecule has 1 unspecified atom stereocenters. The summed E-state index contributed by atoms with van der Waals surface area (Å²) in [5, 5.41) is 10.4. The van der Waals surface area contributed by atoms with Crippen LogP contribution < -0.4 is 11.2 Å². The van der Waals surface area contributed by atoms with Crippen LogP contribution in [0.1, 0.15) is 31.7 Å². The topological polar surface area (TPSA) is 75.1 Å². The van der Waals surface area contributed by atoms with Crippen molar-refractivity contribution in [1.82, 2.24) is 9.55 Å². The number of aromatic hydroxyl groups is 1. The minimum atomic E-state index is -0.513. The smallest absolute Gasteiger partial charge is 0.331 e. The number of thioether (sulfide) groups is 1. The molecule has 1 aliphatic rings. The van der Waals surface area contributed by atoms with Crippen LogP contribution in [0, 0.1) is 0 Å². The molecule has 1 saturated heterocycles. The van der Waals surface area contributed by atoms with E-state index in [-0.39, 0.29) is 11.4 Å². The molecule has 2 heterocycles. The molecule has 0 spiro atoms. The first-order chi connectivity index (χ1) is 8.63. The van der Waals surface area contributed by atoms with E-state index >= 15 is 0 Å². The lowest BCUT2D eigenvalue weighted by atomic mass is 10.2. The summed E-state index contributed by atoms with van der Waals surface area (Å²) in [4.78, 5) is 25.5. The van der Waals surface area contributed by atoms with Gasteiger partial charge in [0.15, 0.2) is 0 Å². The van der Waals surface area contributed by atoms with Crippen LogP contribution >= 0.6 is 11.8 Å². The van der Waals surface area contributed by atoms with Crippen LogP contribution in [0.2, 0.25) is 0 Å².